The second kappa shape index (κ2) is 13.7. The maximum Gasteiger partial charge on any atom is 0.409 e. The lowest BCUT2D eigenvalue weighted by atomic mass is 9.97. The van der Waals surface area contributed by atoms with Gasteiger partial charge in [-0.2, -0.15) is 0 Å². The number of carbonyl (C=O) groups is 6. The number of hydrogen-bond donors (Lipinski definition) is 1. The van der Waals surface area contributed by atoms with E-state index in [-0.39, 0.29) is 12.1 Å². The monoisotopic (exact) mass is 567 g/mol. The quantitative estimate of drug-likeness (QED) is 0.354. The summed E-state index contributed by atoms with van der Waals surface area (Å²) in [7, 11) is 1.03. The van der Waals surface area contributed by atoms with E-state index in [4.69, 9.17) is 33.2 Å². The van der Waals surface area contributed by atoms with Gasteiger partial charge in [-0.15, -0.1) is 0 Å². The smallest absolute Gasteiger partial charge is 0.409 e. The zero-order valence-electron chi connectivity index (χ0n) is 23.2. The molecule has 2 rings (SSSR count). The molecule has 14 heteroatoms. The molecule has 1 aliphatic rings. The Hall–Kier alpha value is -4.20. The van der Waals surface area contributed by atoms with Gasteiger partial charge < -0.3 is 38.5 Å². The average Bonchev–Trinajstić information content (AvgIpc) is 2.83. The number of methoxy groups -OCH3 is 1. The highest BCUT2D eigenvalue weighted by molar-refractivity contribution is 5.91. The first kappa shape index (κ1) is 32.0. The molecule has 0 aliphatic carbocycles. The third-order valence-corrected chi connectivity index (χ3v) is 5.12. The summed E-state index contributed by atoms with van der Waals surface area (Å²) in [5.41, 5.74) is -0.150. The maximum absolute atomic E-state index is 12.8. The molecule has 1 saturated heterocycles. The minimum Gasteiger partial charge on any atom is -0.467 e. The van der Waals surface area contributed by atoms with E-state index in [0.717, 1.165) is 27.9 Å². The molecule has 5 atom stereocenters. The van der Waals surface area contributed by atoms with Gasteiger partial charge in [0, 0.05) is 27.3 Å². The van der Waals surface area contributed by atoms with E-state index in [9.17, 15) is 28.8 Å². The molecule has 1 fully saturated rings. The lowest BCUT2D eigenvalue weighted by Crippen LogP contribution is -2.64. The highest BCUT2D eigenvalue weighted by Crippen LogP contribution is 2.30. The first-order chi connectivity index (χ1) is 18.6. The highest BCUT2D eigenvalue weighted by Gasteiger charge is 2.56. The third kappa shape index (κ3) is 9.22. The number of benzene rings is 1. The Morgan fingerprint density at radius 1 is 0.825 bits per heavy atom. The Morgan fingerprint density at radius 2 is 1.38 bits per heavy atom. The van der Waals surface area contributed by atoms with Crippen molar-refractivity contribution >= 4 is 35.9 Å². The van der Waals surface area contributed by atoms with Crippen molar-refractivity contribution in [1.29, 1.82) is 0 Å². The van der Waals surface area contributed by atoms with Crippen LogP contribution in [0.25, 0.3) is 0 Å². The second-order valence-corrected chi connectivity index (χ2v) is 9.59. The van der Waals surface area contributed by atoms with Crippen molar-refractivity contribution in [3.63, 3.8) is 0 Å². The molecular weight excluding hydrogens is 534 g/mol. The molecule has 14 nitrogen and oxygen atoms in total. The van der Waals surface area contributed by atoms with Gasteiger partial charge in [-0.25, -0.2) is 14.4 Å². The van der Waals surface area contributed by atoms with Crippen molar-refractivity contribution < 1.29 is 61.9 Å². The van der Waals surface area contributed by atoms with E-state index in [1.165, 1.54) is 6.07 Å². The number of esters is 5. The van der Waals surface area contributed by atoms with Crippen molar-refractivity contribution in [2.75, 3.05) is 7.11 Å². The molecule has 0 radical (unpaired) electrons. The predicted octanol–water partition coefficient (Wildman–Crippen LogP) is 1.56. The standard InChI is InChI=1S/C26H33NO13/c1-13(28)35-18-19(36-14(2)29)21(37-15(3)30)24(38-20(18)23(32)34-7)39-25(33)27-12-16-10-8-9-11-17(16)22(31)40-26(4,5)6/h8-11,18-21,24H,12H2,1-7H3,(H,27,33)/t18-,19-,20-,21+,24-/m0/s1. The Kier molecular flexibility index (Phi) is 11.0. The zero-order chi connectivity index (χ0) is 30.2. The van der Waals surface area contributed by atoms with Gasteiger partial charge in [-0.05, 0) is 32.4 Å². The molecule has 0 saturated carbocycles. The van der Waals surface area contributed by atoms with Crippen molar-refractivity contribution in [2.24, 2.45) is 0 Å². The van der Waals surface area contributed by atoms with Crippen LogP contribution >= 0.6 is 0 Å². The Labute approximate surface area is 230 Å². The molecule has 40 heavy (non-hydrogen) atoms. The molecule has 0 spiro atoms. The lowest BCUT2D eigenvalue weighted by Gasteiger charge is -2.42. The summed E-state index contributed by atoms with van der Waals surface area (Å²) in [5, 5.41) is 2.44. The van der Waals surface area contributed by atoms with Crippen LogP contribution < -0.4 is 5.32 Å². The predicted molar refractivity (Wildman–Crippen MR) is 132 cm³/mol. The second-order valence-electron chi connectivity index (χ2n) is 9.59. The minimum absolute atomic E-state index is 0.191. The Morgan fingerprint density at radius 3 is 1.93 bits per heavy atom. The Bertz CT molecular complexity index is 1130. The van der Waals surface area contributed by atoms with Crippen LogP contribution in [0.3, 0.4) is 0 Å². The molecule has 0 unspecified atom stereocenters. The topological polar surface area (TPSA) is 179 Å². The molecule has 1 aromatic rings. The van der Waals surface area contributed by atoms with Crippen molar-refractivity contribution in [2.45, 2.75) is 84.4 Å². The largest absolute Gasteiger partial charge is 0.467 e. The first-order valence-corrected chi connectivity index (χ1v) is 12.1. The summed E-state index contributed by atoms with van der Waals surface area (Å²) < 4.78 is 36.5. The molecule has 1 aromatic carbocycles. The van der Waals surface area contributed by atoms with Gasteiger partial charge in [0.25, 0.3) is 0 Å². The number of nitrogens with one attached hydrogen (secondary N) is 1. The summed E-state index contributed by atoms with van der Waals surface area (Å²) >= 11 is 0. The van der Waals surface area contributed by atoms with Crippen molar-refractivity contribution in [3.05, 3.63) is 35.4 Å². The maximum atomic E-state index is 12.8. The fraction of sp³-hybridized carbons (Fsp3) is 0.538. The van der Waals surface area contributed by atoms with Crippen LogP contribution in [-0.2, 0) is 58.9 Å². The summed E-state index contributed by atoms with van der Waals surface area (Å²) in [4.78, 5) is 73.3. The molecule has 1 aliphatic heterocycles. The van der Waals surface area contributed by atoms with Gasteiger partial charge >= 0.3 is 35.9 Å². The average molecular weight is 568 g/mol. The van der Waals surface area contributed by atoms with Gasteiger partial charge in [-0.3, -0.25) is 14.4 Å². The van der Waals surface area contributed by atoms with Gasteiger partial charge in [-0.1, -0.05) is 18.2 Å². The van der Waals surface area contributed by atoms with E-state index in [1.807, 2.05) is 0 Å². The molecule has 220 valence electrons. The fourth-order valence-electron chi connectivity index (χ4n) is 3.70. The van der Waals surface area contributed by atoms with Gasteiger partial charge in [0.05, 0.1) is 12.7 Å². The summed E-state index contributed by atoms with van der Waals surface area (Å²) in [5.74, 6) is -4.30. The van der Waals surface area contributed by atoms with Crippen LogP contribution in [0.4, 0.5) is 4.79 Å². The third-order valence-electron chi connectivity index (χ3n) is 5.12. The fourth-order valence-corrected chi connectivity index (χ4v) is 3.70. The van der Waals surface area contributed by atoms with E-state index in [1.54, 1.807) is 39.0 Å². The van der Waals surface area contributed by atoms with Crippen molar-refractivity contribution in [1.82, 2.24) is 5.32 Å². The number of rotatable bonds is 8. The van der Waals surface area contributed by atoms with Crippen LogP contribution in [0.15, 0.2) is 24.3 Å². The van der Waals surface area contributed by atoms with E-state index < -0.39 is 72.2 Å². The molecule has 1 heterocycles. The van der Waals surface area contributed by atoms with Gasteiger partial charge in [0.1, 0.15) is 5.60 Å². The number of alkyl carbamates (subject to hydrolysis) is 1. The van der Waals surface area contributed by atoms with Crippen LogP contribution in [0.5, 0.6) is 0 Å². The molecule has 1 amide bonds. The number of ether oxygens (including phenoxy) is 7. The normalized spacial score (nSPS) is 22.2. The van der Waals surface area contributed by atoms with Crippen molar-refractivity contribution in [3.8, 4) is 0 Å². The van der Waals surface area contributed by atoms with E-state index in [0.29, 0.717) is 5.56 Å². The number of amides is 1. The SMILES string of the molecule is COC(=O)[C@H]1O[C@@H](OC(=O)NCc2ccccc2C(=O)OC(C)(C)C)[C@H](OC(C)=O)[C@@H](OC(C)=O)[C@@H]1OC(C)=O. The van der Waals surface area contributed by atoms with Crippen LogP contribution in [0.2, 0.25) is 0 Å². The molecular formula is C26H33NO13. The van der Waals surface area contributed by atoms with E-state index >= 15 is 0 Å². The zero-order valence-corrected chi connectivity index (χ0v) is 23.2. The van der Waals surface area contributed by atoms with Gasteiger partial charge in [0.15, 0.2) is 18.3 Å². The lowest BCUT2D eigenvalue weighted by molar-refractivity contribution is -0.288. The number of hydrogen-bond acceptors (Lipinski definition) is 13. The van der Waals surface area contributed by atoms with Gasteiger partial charge in [0.2, 0.25) is 12.4 Å². The summed E-state index contributed by atoms with van der Waals surface area (Å²) in [6.45, 7) is 8.04. The summed E-state index contributed by atoms with van der Waals surface area (Å²) in [6, 6.07) is 6.39. The summed E-state index contributed by atoms with van der Waals surface area (Å²) in [6.07, 6.45) is -9.53. The molecule has 0 bridgehead atoms. The molecule has 1 N–H and O–H groups in total. The Balaban J connectivity index is 2.31. The highest BCUT2D eigenvalue weighted by atomic mass is 16.8. The first-order valence-electron chi connectivity index (χ1n) is 12.1. The van der Waals surface area contributed by atoms with Crippen LogP contribution in [0.1, 0.15) is 57.5 Å². The van der Waals surface area contributed by atoms with Crippen LogP contribution in [0, 0.1) is 0 Å². The van der Waals surface area contributed by atoms with Crippen LogP contribution in [-0.4, -0.2) is 79.4 Å². The minimum atomic E-state index is -1.81. The molecule has 0 aromatic heterocycles. The number of carbonyl (C=O) groups excluding carboxylic acids is 6. The van der Waals surface area contributed by atoms with E-state index in [2.05, 4.69) is 5.32 Å².